The van der Waals surface area contributed by atoms with E-state index in [1.54, 1.807) is 0 Å². The van der Waals surface area contributed by atoms with Gasteiger partial charge in [0.05, 0.1) is 0 Å². The summed E-state index contributed by atoms with van der Waals surface area (Å²) in [6.07, 6.45) is 2.75. The minimum atomic E-state index is 0.122. The molecule has 1 aromatic heterocycles. The highest BCUT2D eigenvalue weighted by Crippen LogP contribution is 2.13. The van der Waals surface area contributed by atoms with E-state index in [1.807, 2.05) is 6.20 Å². The number of imidazole rings is 1. The van der Waals surface area contributed by atoms with E-state index < -0.39 is 0 Å². The molecule has 0 saturated carbocycles. The average molecular weight is 322 g/mol. The maximum atomic E-state index is 4.43. The summed E-state index contributed by atoms with van der Waals surface area (Å²) in [6, 6.07) is 8.33. The topological polar surface area (TPSA) is 40.7 Å². The SMILES string of the molecule is CC(C)(C)NCc1cnc(Cc2ccc(Br)cc2)[nH]1. The average Bonchev–Trinajstić information content (AvgIpc) is 2.77. The van der Waals surface area contributed by atoms with Crippen molar-refractivity contribution in [1.82, 2.24) is 15.3 Å². The van der Waals surface area contributed by atoms with Crippen molar-refractivity contribution < 1.29 is 0 Å². The second-order valence-corrected chi connectivity index (χ2v) is 6.68. The number of halogens is 1. The lowest BCUT2D eigenvalue weighted by Gasteiger charge is -2.19. The zero-order valence-electron chi connectivity index (χ0n) is 11.6. The van der Waals surface area contributed by atoms with Gasteiger partial charge in [0.25, 0.3) is 0 Å². The molecule has 2 N–H and O–H groups in total. The zero-order chi connectivity index (χ0) is 13.9. The molecular weight excluding hydrogens is 302 g/mol. The Labute approximate surface area is 123 Å². The first-order chi connectivity index (χ1) is 8.92. The van der Waals surface area contributed by atoms with Crippen LogP contribution in [0, 0.1) is 0 Å². The Bertz CT molecular complexity index is 523. The van der Waals surface area contributed by atoms with Crippen LogP contribution in [-0.4, -0.2) is 15.5 Å². The van der Waals surface area contributed by atoms with E-state index in [0.29, 0.717) is 0 Å². The zero-order valence-corrected chi connectivity index (χ0v) is 13.2. The molecule has 1 heterocycles. The van der Waals surface area contributed by atoms with Crippen molar-refractivity contribution in [3.63, 3.8) is 0 Å². The van der Waals surface area contributed by atoms with Crippen molar-refractivity contribution in [2.75, 3.05) is 0 Å². The quantitative estimate of drug-likeness (QED) is 0.902. The van der Waals surface area contributed by atoms with Gasteiger partial charge >= 0.3 is 0 Å². The number of nitrogens with one attached hydrogen (secondary N) is 2. The fraction of sp³-hybridized carbons (Fsp3) is 0.400. The number of aromatic amines is 1. The molecule has 102 valence electrons. The van der Waals surface area contributed by atoms with Gasteiger partial charge in [-0.2, -0.15) is 0 Å². The molecule has 0 unspecified atom stereocenters. The van der Waals surface area contributed by atoms with Gasteiger partial charge in [0.1, 0.15) is 5.82 Å². The molecule has 0 aliphatic rings. The molecule has 0 saturated heterocycles. The van der Waals surface area contributed by atoms with Crippen molar-refractivity contribution in [3.8, 4) is 0 Å². The molecule has 0 aliphatic heterocycles. The Morgan fingerprint density at radius 2 is 1.89 bits per heavy atom. The minimum Gasteiger partial charge on any atom is -0.345 e. The first-order valence-corrected chi connectivity index (χ1v) is 7.24. The van der Waals surface area contributed by atoms with E-state index in [1.165, 1.54) is 5.56 Å². The number of rotatable bonds is 4. The van der Waals surface area contributed by atoms with E-state index in [-0.39, 0.29) is 5.54 Å². The minimum absolute atomic E-state index is 0.122. The molecule has 0 radical (unpaired) electrons. The molecule has 2 aromatic rings. The van der Waals surface area contributed by atoms with E-state index in [4.69, 9.17) is 0 Å². The fourth-order valence-electron chi connectivity index (χ4n) is 1.74. The molecule has 0 aliphatic carbocycles. The largest absolute Gasteiger partial charge is 0.345 e. The summed E-state index contributed by atoms with van der Waals surface area (Å²) in [6.45, 7) is 7.29. The van der Waals surface area contributed by atoms with Crippen LogP contribution >= 0.6 is 15.9 Å². The molecule has 0 bridgehead atoms. The van der Waals surface area contributed by atoms with Gasteiger partial charge in [0, 0.05) is 34.9 Å². The van der Waals surface area contributed by atoms with Gasteiger partial charge in [-0.3, -0.25) is 0 Å². The molecular formula is C15H20BrN3. The van der Waals surface area contributed by atoms with Gasteiger partial charge in [0.2, 0.25) is 0 Å². The number of aromatic nitrogens is 2. The van der Waals surface area contributed by atoms with Crippen LogP contribution in [0.5, 0.6) is 0 Å². The summed E-state index contributed by atoms with van der Waals surface area (Å²) in [4.78, 5) is 7.79. The van der Waals surface area contributed by atoms with Gasteiger partial charge in [-0.05, 0) is 38.5 Å². The molecule has 3 nitrogen and oxygen atoms in total. The first kappa shape index (κ1) is 14.3. The highest BCUT2D eigenvalue weighted by Gasteiger charge is 2.09. The van der Waals surface area contributed by atoms with Crippen molar-refractivity contribution in [2.45, 2.75) is 39.3 Å². The van der Waals surface area contributed by atoms with Crippen LogP contribution in [0.2, 0.25) is 0 Å². The van der Waals surface area contributed by atoms with E-state index in [2.05, 4.69) is 76.3 Å². The van der Waals surface area contributed by atoms with E-state index >= 15 is 0 Å². The Kier molecular flexibility index (Phi) is 4.42. The number of benzene rings is 1. The third-order valence-electron chi connectivity index (χ3n) is 2.78. The van der Waals surface area contributed by atoms with Gasteiger partial charge < -0.3 is 10.3 Å². The summed E-state index contributed by atoms with van der Waals surface area (Å²) >= 11 is 3.44. The third-order valence-corrected chi connectivity index (χ3v) is 3.30. The van der Waals surface area contributed by atoms with E-state index in [9.17, 15) is 0 Å². The molecule has 19 heavy (non-hydrogen) atoms. The second-order valence-electron chi connectivity index (χ2n) is 5.76. The van der Waals surface area contributed by atoms with Gasteiger partial charge in [-0.25, -0.2) is 4.98 Å². The lowest BCUT2D eigenvalue weighted by molar-refractivity contribution is 0.421. The fourth-order valence-corrected chi connectivity index (χ4v) is 2.01. The second kappa shape index (κ2) is 5.88. The van der Waals surface area contributed by atoms with Gasteiger partial charge in [-0.15, -0.1) is 0 Å². The number of hydrogen-bond acceptors (Lipinski definition) is 2. The highest BCUT2D eigenvalue weighted by molar-refractivity contribution is 9.10. The van der Waals surface area contributed by atoms with Crippen LogP contribution in [0.25, 0.3) is 0 Å². The lowest BCUT2D eigenvalue weighted by Crippen LogP contribution is -2.35. The first-order valence-electron chi connectivity index (χ1n) is 6.45. The van der Waals surface area contributed by atoms with Crippen LogP contribution in [0.3, 0.4) is 0 Å². The maximum Gasteiger partial charge on any atom is 0.110 e. The molecule has 0 amide bonds. The third kappa shape index (κ3) is 4.80. The predicted octanol–water partition coefficient (Wildman–Crippen LogP) is 3.65. The number of hydrogen-bond donors (Lipinski definition) is 2. The standard InChI is InChI=1S/C15H20BrN3/c1-15(2,3)18-10-13-9-17-14(19-13)8-11-4-6-12(16)7-5-11/h4-7,9,18H,8,10H2,1-3H3,(H,17,19). The van der Waals surface area contributed by atoms with Crippen molar-refractivity contribution in [1.29, 1.82) is 0 Å². The Balaban J connectivity index is 1.95. The normalized spacial score (nSPS) is 11.8. The molecule has 2 rings (SSSR count). The van der Waals surface area contributed by atoms with Crippen molar-refractivity contribution in [2.24, 2.45) is 0 Å². The Hall–Kier alpha value is -1.13. The Morgan fingerprint density at radius 1 is 1.21 bits per heavy atom. The monoisotopic (exact) mass is 321 g/mol. The summed E-state index contributed by atoms with van der Waals surface area (Å²) in [5.74, 6) is 1.01. The lowest BCUT2D eigenvalue weighted by atomic mass is 10.1. The van der Waals surface area contributed by atoms with Gasteiger partial charge in [-0.1, -0.05) is 28.1 Å². The Morgan fingerprint density at radius 3 is 2.53 bits per heavy atom. The summed E-state index contributed by atoms with van der Waals surface area (Å²) < 4.78 is 1.10. The van der Waals surface area contributed by atoms with Crippen LogP contribution in [0.1, 0.15) is 37.9 Å². The van der Waals surface area contributed by atoms with E-state index in [0.717, 1.165) is 29.0 Å². The molecule has 1 aromatic carbocycles. The molecule has 0 atom stereocenters. The number of nitrogens with zero attached hydrogens (tertiary/aromatic N) is 1. The molecule has 0 fully saturated rings. The summed E-state index contributed by atoms with van der Waals surface area (Å²) in [5.41, 5.74) is 2.51. The summed E-state index contributed by atoms with van der Waals surface area (Å²) in [7, 11) is 0. The summed E-state index contributed by atoms with van der Waals surface area (Å²) in [5, 5.41) is 3.45. The maximum absolute atomic E-state index is 4.43. The predicted molar refractivity (Wildman–Crippen MR) is 82.1 cm³/mol. The molecule has 4 heteroatoms. The smallest absolute Gasteiger partial charge is 0.110 e. The van der Waals surface area contributed by atoms with Crippen molar-refractivity contribution >= 4 is 15.9 Å². The number of H-pyrrole nitrogens is 1. The van der Waals surface area contributed by atoms with Crippen LogP contribution in [0.4, 0.5) is 0 Å². The molecule has 0 spiro atoms. The van der Waals surface area contributed by atoms with Crippen LogP contribution in [-0.2, 0) is 13.0 Å². The van der Waals surface area contributed by atoms with Crippen molar-refractivity contribution in [3.05, 3.63) is 52.0 Å². The van der Waals surface area contributed by atoms with Crippen LogP contribution < -0.4 is 5.32 Å². The van der Waals surface area contributed by atoms with Gasteiger partial charge in [0.15, 0.2) is 0 Å². The highest BCUT2D eigenvalue weighted by atomic mass is 79.9. The van der Waals surface area contributed by atoms with Crippen LogP contribution in [0.15, 0.2) is 34.9 Å².